The minimum atomic E-state index is 0.797. The molecule has 0 saturated heterocycles. The summed E-state index contributed by atoms with van der Waals surface area (Å²) in [5.41, 5.74) is 23.3. The number of ether oxygens (including phenoxy) is 1. The Kier molecular flexibility index (Phi) is 12.6. The zero-order valence-electron chi connectivity index (χ0n) is 40.8. The van der Waals surface area contributed by atoms with Crippen LogP contribution < -0.4 is 4.74 Å². The molecule has 74 heavy (non-hydrogen) atoms. The lowest BCUT2D eigenvalue weighted by Crippen LogP contribution is -1.95. The summed E-state index contributed by atoms with van der Waals surface area (Å²) < 4.78 is 5.54. The topological polar surface area (TPSA) is 47.9 Å². The first kappa shape index (κ1) is 45.4. The predicted octanol–water partition coefficient (Wildman–Crippen LogP) is 18.2. The van der Waals surface area contributed by atoms with Gasteiger partial charge in [-0.3, -0.25) is 15.0 Å². The van der Waals surface area contributed by atoms with E-state index in [0.717, 1.165) is 129 Å². The molecule has 0 fully saturated rings. The van der Waals surface area contributed by atoms with Crippen LogP contribution in [0, 0.1) is 0 Å². The third kappa shape index (κ3) is 9.20. The molecule has 0 N–H and O–H groups in total. The number of nitrogens with zero attached hydrogens (tertiary/aromatic N) is 3. The van der Waals surface area contributed by atoms with Gasteiger partial charge >= 0.3 is 0 Å². The van der Waals surface area contributed by atoms with Crippen LogP contribution in [-0.2, 0) is 0 Å². The van der Waals surface area contributed by atoms with Crippen LogP contribution in [0.5, 0.6) is 5.75 Å². The molecule has 0 aliphatic heterocycles. The summed E-state index contributed by atoms with van der Waals surface area (Å²) in [5, 5.41) is 0. The van der Waals surface area contributed by atoms with Crippen LogP contribution in [0.1, 0.15) is 0 Å². The zero-order valence-corrected chi connectivity index (χ0v) is 40.8. The fourth-order valence-corrected chi connectivity index (χ4v) is 10.1. The number of rotatable bonds is 12. The number of pyridine rings is 3. The van der Waals surface area contributed by atoms with Gasteiger partial charge in [0.05, 0.1) is 24.2 Å². The van der Waals surface area contributed by atoms with E-state index >= 15 is 0 Å². The van der Waals surface area contributed by atoms with E-state index in [1.807, 2.05) is 36.5 Å². The van der Waals surface area contributed by atoms with Crippen LogP contribution in [0.4, 0.5) is 0 Å². The smallest absolute Gasteiger partial charge is 0.119 e. The summed E-state index contributed by atoms with van der Waals surface area (Å²) in [7, 11) is 1.69. The Balaban J connectivity index is 1.06. The maximum absolute atomic E-state index is 5.54. The molecule has 0 bridgehead atoms. The lowest BCUT2D eigenvalue weighted by atomic mass is 9.85. The van der Waals surface area contributed by atoms with Crippen molar-refractivity contribution in [3.05, 3.63) is 279 Å². The molecule has 0 unspecified atom stereocenters. The van der Waals surface area contributed by atoms with Crippen molar-refractivity contribution in [3.63, 3.8) is 0 Å². The fourth-order valence-electron chi connectivity index (χ4n) is 10.1. The molecule has 4 nitrogen and oxygen atoms in total. The van der Waals surface area contributed by atoms with Crippen molar-refractivity contribution in [1.82, 2.24) is 15.0 Å². The molecular formula is C70H49N3O. The Hall–Kier alpha value is -9.77. The summed E-state index contributed by atoms with van der Waals surface area (Å²) in [6.07, 6.45) is 6.09. The standard InChI is InChI=1S/C70H49N3O/c1-74-57-30-20-29-52(42-57)68-38-37-53(45-71-68)58-31-14-15-32-59(58)54-39-55(60-33-16-18-35-62(60)66-46-72-69(50-25-10-4-11-26-50)43-64(66)48-21-6-2-7-22-48)41-56(40-54)61-34-17-19-36-63(61)67-47-73-70(51-27-12-5-13-28-51)44-65(67)49-23-8-3-9-24-49/h2-47H,1H3. The molecule has 0 spiro atoms. The Morgan fingerprint density at radius 1 is 0.216 bits per heavy atom. The second kappa shape index (κ2) is 20.5. The number of methoxy groups -OCH3 is 1. The monoisotopic (exact) mass is 947 g/mol. The van der Waals surface area contributed by atoms with Crippen molar-refractivity contribution in [1.29, 1.82) is 0 Å². The quantitative estimate of drug-likeness (QED) is 0.122. The van der Waals surface area contributed by atoms with Gasteiger partial charge in [-0.15, -0.1) is 0 Å². The molecule has 0 atom stereocenters. The number of hydrogen-bond donors (Lipinski definition) is 0. The van der Waals surface area contributed by atoms with E-state index in [0.29, 0.717) is 0 Å². The third-order valence-corrected chi connectivity index (χ3v) is 13.8. The van der Waals surface area contributed by atoms with Crippen molar-refractivity contribution in [2.24, 2.45) is 0 Å². The Morgan fingerprint density at radius 3 is 1.00 bits per heavy atom. The van der Waals surface area contributed by atoms with E-state index in [2.05, 4.69) is 243 Å². The van der Waals surface area contributed by atoms with E-state index in [-0.39, 0.29) is 0 Å². The van der Waals surface area contributed by atoms with Gasteiger partial charge in [-0.25, -0.2) is 0 Å². The van der Waals surface area contributed by atoms with Gasteiger partial charge in [0.1, 0.15) is 5.75 Å². The molecule has 0 amide bonds. The van der Waals surface area contributed by atoms with Gasteiger partial charge in [-0.2, -0.15) is 0 Å². The minimum Gasteiger partial charge on any atom is -0.497 e. The lowest BCUT2D eigenvalue weighted by Gasteiger charge is -2.20. The predicted molar refractivity (Wildman–Crippen MR) is 306 cm³/mol. The Morgan fingerprint density at radius 2 is 0.581 bits per heavy atom. The molecule has 12 rings (SSSR count). The Labute approximate surface area is 432 Å². The van der Waals surface area contributed by atoms with Gasteiger partial charge in [0, 0.05) is 52.0 Å². The van der Waals surface area contributed by atoms with E-state index in [9.17, 15) is 0 Å². The average Bonchev–Trinajstić information content (AvgIpc) is 3.50. The molecule has 350 valence electrons. The van der Waals surface area contributed by atoms with Crippen molar-refractivity contribution in [3.8, 4) is 129 Å². The van der Waals surface area contributed by atoms with E-state index in [1.54, 1.807) is 7.11 Å². The van der Waals surface area contributed by atoms with Crippen LogP contribution in [0.25, 0.3) is 123 Å². The molecule has 12 aromatic rings. The van der Waals surface area contributed by atoms with Crippen LogP contribution in [-0.4, -0.2) is 22.1 Å². The molecule has 0 saturated carbocycles. The molecule has 3 heterocycles. The van der Waals surface area contributed by atoms with Gasteiger partial charge in [-0.05, 0) is 121 Å². The maximum atomic E-state index is 5.54. The van der Waals surface area contributed by atoms with E-state index < -0.39 is 0 Å². The first-order chi connectivity index (χ1) is 36.6. The van der Waals surface area contributed by atoms with Gasteiger partial charge < -0.3 is 4.74 Å². The highest BCUT2D eigenvalue weighted by molar-refractivity contribution is 5.98. The van der Waals surface area contributed by atoms with Crippen molar-refractivity contribution < 1.29 is 4.74 Å². The SMILES string of the molecule is COc1cccc(-c2ccc(-c3ccccc3-c3cc(-c4ccccc4-c4cnc(-c5ccccc5)cc4-c4ccccc4)cc(-c4ccccc4-c4cnc(-c5ccccc5)cc4-c4ccccc4)c3)cn2)c1. The Bertz CT molecular complexity index is 3720. The van der Waals surface area contributed by atoms with Crippen molar-refractivity contribution in [2.75, 3.05) is 7.11 Å². The summed E-state index contributed by atoms with van der Waals surface area (Å²) in [5.74, 6) is 0.797. The summed E-state index contributed by atoms with van der Waals surface area (Å²) in [6.45, 7) is 0. The van der Waals surface area contributed by atoms with Crippen LogP contribution in [0.15, 0.2) is 279 Å². The first-order valence-electron chi connectivity index (χ1n) is 24.9. The molecule has 0 aliphatic carbocycles. The molecular weight excluding hydrogens is 899 g/mol. The molecule has 4 heteroatoms. The largest absolute Gasteiger partial charge is 0.497 e. The van der Waals surface area contributed by atoms with Gasteiger partial charge in [0.25, 0.3) is 0 Å². The van der Waals surface area contributed by atoms with Crippen molar-refractivity contribution >= 4 is 0 Å². The molecule has 3 aromatic heterocycles. The van der Waals surface area contributed by atoms with Crippen LogP contribution in [0.3, 0.4) is 0 Å². The van der Waals surface area contributed by atoms with E-state index in [1.165, 1.54) is 0 Å². The zero-order chi connectivity index (χ0) is 49.6. The first-order valence-corrected chi connectivity index (χ1v) is 24.9. The van der Waals surface area contributed by atoms with Crippen LogP contribution in [0.2, 0.25) is 0 Å². The van der Waals surface area contributed by atoms with Gasteiger partial charge in [0.15, 0.2) is 0 Å². The highest BCUT2D eigenvalue weighted by Gasteiger charge is 2.20. The lowest BCUT2D eigenvalue weighted by molar-refractivity contribution is 0.415. The molecule has 0 aliphatic rings. The number of hydrogen-bond acceptors (Lipinski definition) is 4. The normalized spacial score (nSPS) is 11.0. The van der Waals surface area contributed by atoms with E-state index in [4.69, 9.17) is 19.7 Å². The summed E-state index contributed by atoms with van der Waals surface area (Å²) >= 11 is 0. The van der Waals surface area contributed by atoms with Crippen molar-refractivity contribution in [2.45, 2.75) is 0 Å². The average molecular weight is 948 g/mol. The summed E-state index contributed by atoms with van der Waals surface area (Å²) in [4.78, 5) is 15.3. The van der Waals surface area contributed by atoms with Gasteiger partial charge in [0.2, 0.25) is 0 Å². The maximum Gasteiger partial charge on any atom is 0.119 e. The molecule has 0 radical (unpaired) electrons. The fraction of sp³-hybridized carbons (Fsp3) is 0.0143. The number of benzene rings is 9. The minimum absolute atomic E-state index is 0.797. The molecule has 9 aromatic carbocycles. The summed E-state index contributed by atoms with van der Waals surface area (Å²) in [6, 6.07) is 92.1. The van der Waals surface area contributed by atoms with Crippen LogP contribution >= 0.6 is 0 Å². The number of aromatic nitrogens is 3. The highest BCUT2D eigenvalue weighted by Crippen LogP contribution is 2.45. The van der Waals surface area contributed by atoms with Gasteiger partial charge in [-0.1, -0.05) is 212 Å². The second-order valence-electron chi connectivity index (χ2n) is 18.3. The highest BCUT2D eigenvalue weighted by atomic mass is 16.5. The third-order valence-electron chi connectivity index (χ3n) is 13.8. The second-order valence-corrected chi connectivity index (χ2v) is 18.3.